The van der Waals surface area contributed by atoms with Crippen molar-refractivity contribution in [1.82, 2.24) is 10.6 Å². The van der Waals surface area contributed by atoms with Crippen LogP contribution in [0.2, 0.25) is 0 Å². The van der Waals surface area contributed by atoms with Crippen molar-refractivity contribution < 1.29 is 39.4 Å². The summed E-state index contributed by atoms with van der Waals surface area (Å²) >= 11 is 0. The van der Waals surface area contributed by atoms with Gasteiger partial charge in [-0.1, -0.05) is 36.4 Å². The molecule has 11 heteroatoms. The largest absolute Gasteiger partial charge is 0.508 e. The normalized spacial score (nSPS) is 12.9. The molecule has 0 unspecified atom stereocenters. The fourth-order valence-corrected chi connectivity index (χ4v) is 3.06. The number of aliphatic carboxylic acids is 1. The molecule has 10 nitrogen and oxygen atoms in total. The lowest BCUT2D eigenvalue weighted by molar-refractivity contribution is -0.142. The summed E-state index contributed by atoms with van der Waals surface area (Å²) in [4.78, 5) is 37.1. The molecular formula is C23H29BN2O8. The topological polar surface area (TPSA) is 165 Å². The fraction of sp³-hybridized carbons (Fsp3) is 0.348. The molecule has 2 aromatic rings. The Morgan fingerprint density at radius 3 is 1.85 bits per heavy atom. The van der Waals surface area contributed by atoms with Crippen molar-refractivity contribution >= 4 is 30.6 Å². The van der Waals surface area contributed by atoms with E-state index in [1.54, 1.807) is 45.0 Å². The van der Waals surface area contributed by atoms with Crippen molar-refractivity contribution in [1.29, 1.82) is 0 Å². The maximum absolute atomic E-state index is 13.0. The average molecular weight is 472 g/mol. The number of nitrogens with one attached hydrogen (secondary N) is 2. The summed E-state index contributed by atoms with van der Waals surface area (Å²) in [7, 11) is -1.65. The van der Waals surface area contributed by atoms with E-state index in [0.29, 0.717) is 11.1 Å². The highest BCUT2D eigenvalue weighted by atomic mass is 16.6. The van der Waals surface area contributed by atoms with Gasteiger partial charge in [-0.05, 0) is 49.5 Å². The predicted octanol–water partition coefficient (Wildman–Crippen LogP) is 0.320. The number of hydrogen-bond acceptors (Lipinski definition) is 7. The van der Waals surface area contributed by atoms with E-state index in [0.717, 1.165) is 0 Å². The van der Waals surface area contributed by atoms with Crippen LogP contribution in [0.1, 0.15) is 31.9 Å². The molecule has 0 saturated heterocycles. The first kappa shape index (κ1) is 26.7. The Morgan fingerprint density at radius 1 is 0.882 bits per heavy atom. The van der Waals surface area contributed by atoms with Crippen LogP contribution in [-0.4, -0.2) is 63.0 Å². The first-order chi connectivity index (χ1) is 15.8. The lowest BCUT2D eigenvalue weighted by Gasteiger charge is -2.24. The lowest BCUT2D eigenvalue weighted by Crippen LogP contribution is -2.53. The van der Waals surface area contributed by atoms with E-state index in [1.165, 1.54) is 24.3 Å². The van der Waals surface area contributed by atoms with Gasteiger partial charge in [-0.2, -0.15) is 0 Å². The molecule has 0 heterocycles. The molecule has 2 atom stereocenters. The summed E-state index contributed by atoms with van der Waals surface area (Å²) in [5.74, 6) is -1.97. The molecule has 0 fully saturated rings. The number of carbonyl (C=O) groups is 3. The number of carboxylic acids is 1. The van der Waals surface area contributed by atoms with Gasteiger partial charge in [-0.25, -0.2) is 9.59 Å². The third-order valence-electron chi connectivity index (χ3n) is 4.72. The molecule has 0 bridgehead atoms. The van der Waals surface area contributed by atoms with Crippen molar-refractivity contribution in [3.05, 3.63) is 59.7 Å². The summed E-state index contributed by atoms with van der Waals surface area (Å²) in [5, 5.41) is 42.4. The Labute approximate surface area is 197 Å². The summed E-state index contributed by atoms with van der Waals surface area (Å²) in [6.07, 6.45) is -0.886. The number of phenols is 1. The zero-order valence-electron chi connectivity index (χ0n) is 19.2. The Balaban J connectivity index is 2.20. The van der Waals surface area contributed by atoms with Crippen LogP contribution in [0.3, 0.4) is 0 Å². The number of phenolic OH excluding ortho intramolecular Hbond substituents is 1. The van der Waals surface area contributed by atoms with Crippen LogP contribution in [0.15, 0.2) is 48.5 Å². The second-order valence-electron chi connectivity index (χ2n) is 8.79. The number of benzene rings is 2. The number of hydrogen-bond donors (Lipinski definition) is 6. The van der Waals surface area contributed by atoms with E-state index in [9.17, 15) is 34.6 Å². The van der Waals surface area contributed by atoms with Crippen molar-refractivity contribution in [2.24, 2.45) is 0 Å². The number of alkyl carbamates (subject to hydrolysis) is 1. The molecule has 0 aliphatic carbocycles. The quantitative estimate of drug-likeness (QED) is 0.284. The van der Waals surface area contributed by atoms with Gasteiger partial charge in [0.05, 0.1) is 0 Å². The van der Waals surface area contributed by atoms with Crippen molar-refractivity contribution in [3.8, 4) is 5.75 Å². The van der Waals surface area contributed by atoms with Gasteiger partial charge in [0.1, 0.15) is 23.4 Å². The third-order valence-corrected chi connectivity index (χ3v) is 4.72. The smallest absolute Gasteiger partial charge is 0.488 e. The lowest BCUT2D eigenvalue weighted by atomic mass is 9.80. The summed E-state index contributed by atoms with van der Waals surface area (Å²) in [6.45, 7) is 5.00. The molecule has 6 N–H and O–H groups in total. The van der Waals surface area contributed by atoms with Gasteiger partial charge in [-0.15, -0.1) is 0 Å². The van der Waals surface area contributed by atoms with Crippen LogP contribution in [0.5, 0.6) is 5.75 Å². The van der Waals surface area contributed by atoms with Gasteiger partial charge < -0.3 is 35.6 Å². The summed E-state index contributed by atoms with van der Waals surface area (Å²) in [5.41, 5.74) is 0.614. The van der Waals surface area contributed by atoms with Crippen LogP contribution in [-0.2, 0) is 27.2 Å². The Bertz CT molecular complexity index is 988. The van der Waals surface area contributed by atoms with Gasteiger partial charge in [0.25, 0.3) is 0 Å². The molecule has 2 amide bonds. The monoisotopic (exact) mass is 472 g/mol. The standard InChI is InChI=1S/C23H29BN2O8/c1-23(2,3)34-22(31)26-18(12-14-4-8-16(9-5-14)24(32)33)20(28)25-19(21(29)30)13-15-6-10-17(27)11-7-15/h4-11,18-19,27,32-33H,12-13H2,1-3H3,(H,25,28)(H,26,31)(H,29,30)/t18-,19-/m0/s1. The first-order valence-corrected chi connectivity index (χ1v) is 10.6. The fourth-order valence-electron chi connectivity index (χ4n) is 3.06. The Morgan fingerprint density at radius 2 is 1.38 bits per heavy atom. The second-order valence-corrected chi connectivity index (χ2v) is 8.79. The van der Waals surface area contributed by atoms with Gasteiger partial charge >= 0.3 is 19.2 Å². The maximum Gasteiger partial charge on any atom is 0.488 e. The van der Waals surface area contributed by atoms with Crippen LogP contribution in [0, 0.1) is 0 Å². The molecular weight excluding hydrogens is 443 g/mol. The van der Waals surface area contributed by atoms with Gasteiger partial charge in [-0.3, -0.25) is 4.79 Å². The molecule has 0 aromatic heterocycles. The molecule has 0 spiro atoms. The van der Waals surface area contributed by atoms with E-state index in [-0.39, 0.29) is 24.1 Å². The minimum absolute atomic E-state index is 0.00156. The number of aromatic hydroxyl groups is 1. The molecule has 34 heavy (non-hydrogen) atoms. The van der Waals surface area contributed by atoms with Crippen molar-refractivity contribution in [2.45, 2.75) is 51.3 Å². The molecule has 2 aromatic carbocycles. The molecule has 0 saturated carbocycles. The van der Waals surface area contributed by atoms with Crippen LogP contribution >= 0.6 is 0 Å². The SMILES string of the molecule is CC(C)(C)OC(=O)N[C@@H](Cc1ccc(B(O)O)cc1)C(=O)N[C@@H](Cc1ccc(O)cc1)C(=O)O. The molecule has 0 aliphatic rings. The van der Waals surface area contributed by atoms with E-state index in [1.807, 2.05) is 0 Å². The highest BCUT2D eigenvalue weighted by Gasteiger charge is 2.29. The third kappa shape index (κ3) is 8.76. The second kappa shape index (κ2) is 11.5. The van der Waals surface area contributed by atoms with Gasteiger partial charge in [0.15, 0.2) is 0 Å². The number of amides is 2. The Kier molecular flexibility index (Phi) is 9.05. The molecule has 182 valence electrons. The number of carboxylic acid groups (broad SMARTS) is 1. The maximum atomic E-state index is 13.0. The molecule has 0 radical (unpaired) electrons. The van der Waals surface area contributed by atoms with E-state index in [4.69, 9.17) is 4.74 Å². The highest BCUT2D eigenvalue weighted by Crippen LogP contribution is 2.12. The highest BCUT2D eigenvalue weighted by molar-refractivity contribution is 6.58. The molecule has 2 rings (SSSR count). The summed E-state index contributed by atoms with van der Waals surface area (Å²) in [6, 6.07) is 9.53. The van der Waals surface area contributed by atoms with Gasteiger partial charge in [0, 0.05) is 12.8 Å². The zero-order chi connectivity index (χ0) is 25.5. The number of ether oxygens (including phenoxy) is 1. The van der Waals surface area contributed by atoms with Crippen molar-refractivity contribution in [3.63, 3.8) is 0 Å². The zero-order valence-corrected chi connectivity index (χ0v) is 19.2. The number of rotatable bonds is 9. The number of carbonyl (C=O) groups excluding carboxylic acids is 2. The van der Waals surface area contributed by atoms with Crippen LogP contribution < -0.4 is 16.1 Å². The molecule has 0 aliphatic heterocycles. The van der Waals surface area contributed by atoms with Crippen LogP contribution in [0.25, 0.3) is 0 Å². The van der Waals surface area contributed by atoms with E-state index >= 15 is 0 Å². The van der Waals surface area contributed by atoms with Gasteiger partial charge in [0.2, 0.25) is 5.91 Å². The predicted molar refractivity (Wildman–Crippen MR) is 125 cm³/mol. The minimum Gasteiger partial charge on any atom is -0.508 e. The van der Waals surface area contributed by atoms with Crippen molar-refractivity contribution in [2.75, 3.05) is 0 Å². The van der Waals surface area contributed by atoms with E-state index < -0.39 is 42.8 Å². The Hall–Kier alpha value is -3.57. The van der Waals surface area contributed by atoms with Crippen LogP contribution in [0.4, 0.5) is 4.79 Å². The first-order valence-electron chi connectivity index (χ1n) is 10.6. The minimum atomic E-state index is -1.65. The summed E-state index contributed by atoms with van der Waals surface area (Å²) < 4.78 is 5.23. The average Bonchev–Trinajstić information content (AvgIpc) is 2.73. The van der Waals surface area contributed by atoms with E-state index in [2.05, 4.69) is 10.6 Å².